The Morgan fingerprint density at radius 2 is 2.36 bits per heavy atom. The number of rotatable bonds is 5. The van der Waals surface area contributed by atoms with E-state index < -0.39 is 18.2 Å². The maximum Gasteiger partial charge on any atom is 0.322 e. The van der Waals surface area contributed by atoms with Gasteiger partial charge in [0.25, 0.3) is 0 Å². The van der Waals surface area contributed by atoms with E-state index in [2.05, 4.69) is 14.8 Å². The van der Waals surface area contributed by atoms with Crippen molar-refractivity contribution in [2.24, 2.45) is 10.8 Å². The number of nitrogens with two attached hydrogens (primary N) is 1. The van der Waals surface area contributed by atoms with Crippen LogP contribution in [0.4, 0.5) is 4.39 Å². The van der Waals surface area contributed by atoms with Gasteiger partial charge in [-0.05, 0) is 5.53 Å². The van der Waals surface area contributed by atoms with E-state index in [1.165, 1.54) is 7.11 Å². The molecule has 2 atom stereocenters. The SMILES string of the molecule is COC(=O)[C@@H](N)C[C@@H](F)CN=[N+]=[N-].Cl. The van der Waals surface area contributed by atoms with Crippen LogP contribution >= 0.6 is 12.4 Å². The molecule has 0 unspecified atom stereocenters. The molecule has 0 spiro atoms. The molecule has 2 N–H and O–H groups in total. The number of hydrogen-bond acceptors (Lipinski definition) is 4. The molecule has 0 aliphatic carbocycles. The number of carbonyl (C=O) groups is 1. The van der Waals surface area contributed by atoms with Gasteiger partial charge in [0.15, 0.2) is 0 Å². The Kier molecular flexibility index (Phi) is 9.43. The Morgan fingerprint density at radius 1 is 1.79 bits per heavy atom. The lowest BCUT2D eigenvalue weighted by Gasteiger charge is -2.10. The largest absolute Gasteiger partial charge is 0.468 e. The standard InChI is InChI=1S/C6H11FN4O2.ClH/c1-13-6(12)5(8)2-4(7)3-10-11-9;/h4-5H,2-3,8H2,1H3;1H/t4-,5+;/m1./s1. The topological polar surface area (TPSA) is 101 Å². The number of methoxy groups -OCH3 is 1. The van der Waals surface area contributed by atoms with Crippen LogP contribution in [0.15, 0.2) is 5.11 Å². The van der Waals surface area contributed by atoms with Crippen molar-refractivity contribution in [1.82, 2.24) is 0 Å². The highest BCUT2D eigenvalue weighted by molar-refractivity contribution is 5.85. The predicted octanol–water partition coefficient (Wildman–Crippen LogP) is 0.947. The average molecular weight is 227 g/mol. The lowest BCUT2D eigenvalue weighted by atomic mass is 10.1. The molecule has 0 saturated heterocycles. The number of esters is 1. The second-order valence-electron chi connectivity index (χ2n) is 2.38. The molecule has 82 valence electrons. The lowest BCUT2D eigenvalue weighted by molar-refractivity contribution is -0.142. The van der Waals surface area contributed by atoms with Gasteiger partial charge < -0.3 is 10.5 Å². The smallest absolute Gasteiger partial charge is 0.322 e. The highest BCUT2D eigenvalue weighted by Crippen LogP contribution is 2.03. The summed E-state index contributed by atoms with van der Waals surface area (Å²) in [4.78, 5) is 13.1. The molecule has 0 aromatic rings. The zero-order valence-corrected chi connectivity index (χ0v) is 8.41. The van der Waals surface area contributed by atoms with Gasteiger partial charge in [-0.3, -0.25) is 4.79 Å². The first-order valence-electron chi connectivity index (χ1n) is 3.60. The molecule has 0 aliphatic rings. The molecule has 8 heteroatoms. The summed E-state index contributed by atoms with van der Waals surface area (Å²) in [7, 11) is 1.17. The Balaban J connectivity index is 0. The van der Waals surface area contributed by atoms with Crippen LogP contribution in [0.25, 0.3) is 10.4 Å². The first-order chi connectivity index (χ1) is 6.11. The fraction of sp³-hybridized carbons (Fsp3) is 0.833. The average Bonchev–Trinajstić information content (AvgIpc) is 2.13. The normalized spacial score (nSPS) is 13.1. The Labute approximate surface area is 86.6 Å². The van der Waals surface area contributed by atoms with Crippen LogP contribution in [-0.2, 0) is 9.53 Å². The van der Waals surface area contributed by atoms with Gasteiger partial charge in [-0.15, -0.1) is 12.4 Å². The summed E-state index contributed by atoms with van der Waals surface area (Å²) in [5, 5.41) is 3.01. The molecule has 0 heterocycles. The minimum atomic E-state index is -1.41. The van der Waals surface area contributed by atoms with Crippen molar-refractivity contribution in [3.8, 4) is 0 Å². The van der Waals surface area contributed by atoms with E-state index >= 15 is 0 Å². The number of nitrogens with zero attached hydrogens (tertiary/aromatic N) is 3. The Bertz CT molecular complexity index is 222. The summed E-state index contributed by atoms with van der Waals surface area (Å²) in [5.74, 6) is -0.677. The maximum atomic E-state index is 12.8. The molecule has 0 aromatic carbocycles. The summed E-state index contributed by atoms with van der Waals surface area (Å²) in [6, 6.07) is -1.01. The number of halogens is 2. The zero-order chi connectivity index (χ0) is 10.3. The molecule has 0 fully saturated rings. The molecule has 0 amide bonds. The highest BCUT2D eigenvalue weighted by atomic mass is 35.5. The number of azide groups is 1. The van der Waals surface area contributed by atoms with Crippen molar-refractivity contribution >= 4 is 18.4 Å². The van der Waals surface area contributed by atoms with Crippen LogP contribution in [0.1, 0.15) is 6.42 Å². The van der Waals surface area contributed by atoms with Gasteiger partial charge in [-0.2, -0.15) is 0 Å². The molecule has 14 heavy (non-hydrogen) atoms. The van der Waals surface area contributed by atoms with Gasteiger partial charge in [0.2, 0.25) is 0 Å². The predicted molar refractivity (Wildman–Crippen MR) is 50.8 cm³/mol. The van der Waals surface area contributed by atoms with Crippen LogP contribution in [0.2, 0.25) is 0 Å². The first kappa shape index (κ1) is 15.4. The van der Waals surface area contributed by atoms with E-state index in [0.717, 1.165) is 0 Å². The minimum Gasteiger partial charge on any atom is -0.468 e. The van der Waals surface area contributed by atoms with Crippen molar-refractivity contribution in [3.63, 3.8) is 0 Å². The maximum absolute atomic E-state index is 12.8. The van der Waals surface area contributed by atoms with Crippen LogP contribution in [0.5, 0.6) is 0 Å². The number of alkyl halides is 1. The summed E-state index contributed by atoms with van der Waals surface area (Å²) < 4.78 is 17.1. The molecular formula is C6H12ClFN4O2. The van der Waals surface area contributed by atoms with E-state index in [9.17, 15) is 9.18 Å². The lowest BCUT2D eigenvalue weighted by Crippen LogP contribution is -2.34. The van der Waals surface area contributed by atoms with Crippen molar-refractivity contribution < 1.29 is 13.9 Å². The van der Waals surface area contributed by atoms with Crippen molar-refractivity contribution in [2.45, 2.75) is 18.6 Å². The summed E-state index contributed by atoms with van der Waals surface area (Å²) in [6.07, 6.45) is -1.61. The number of carbonyl (C=O) groups excluding carboxylic acids is 1. The van der Waals surface area contributed by atoms with Gasteiger partial charge in [0, 0.05) is 11.3 Å². The van der Waals surface area contributed by atoms with Crippen LogP contribution < -0.4 is 5.73 Å². The summed E-state index contributed by atoms with van der Waals surface area (Å²) >= 11 is 0. The third-order valence-corrected chi connectivity index (χ3v) is 1.36. The fourth-order valence-electron chi connectivity index (χ4n) is 0.723. The first-order valence-corrected chi connectivity index (χ1v) is 3.60. The van der Waals surface area contributed by atoms with Crippen LogP contribution in [-0.4, -0.2) is 31.8 Å². The second-order valence-corrected chi connectivity index (χ2v) is 2.38. The van der Waals surface area contributed by atoms with Gasteiger partial charge >= 0.3 is 5.97 Å². The van der Waals surface area contributed by atoms with Gasteiger partial charge in [0.05, 0.1) is 13.7 Å². The molecular weight excluding hydrogens is 215 g/mol. The monoisotopic (exact) mass is 226 g/mol. The third-order valence-electron chi connectivity index (χ3n) is 1.36. The summed E-state index contributed by atoms with van der Waals surface area (Å²) in [6.45, 7) is -0.318. The Morgan fingerprint density at radius 3 is 2.79 bits per heavy atom. The van der Waals surface area contributed by atoms with E-state index in [4.69, 9.17) is 11.3 Å². The van der Waals surface area contributed by atoms with E-state index in [0.29, 0.717) is 0 Å². The van der Waals surface area contributed by atoms with Crippen LogP contribution in [0, 0.1) is 0 Å². The molecule has 0 aromatic heterocycles. The van der Waals surface area contributed by atoms with Crippen molar-refractivity contribution in [3.05, 3.63) is 10.4 Å². The highest BCUT2D eigenvalue weighted by Gasteiger charge is 2.18. The van der Waals surface area contributed by atoms with Crippen LogP contribution in [0.3, 0.4) is 0 Å². The third kappa shape index (κ3) is 6.47. The Hall–Kier alpha value is -1.04. The zero-order valence-electron chi connectivity index (χ0n) is 7.59. The van der Waals surface area contributed by atoms with Crippen molar-refractivity contribution in [1.29, 1.82) is 0 Å². The second kappa shape index (κ2) is 8.55. The van der Waals surface area contributed by atoms with Gasteiger partial charge in [-0.25, -0.2) is 4.39 Å². The number of hydrogen-bond donors (Lipinski definition) is 1. The quantitative estimate of drug-likeness (QED) is 0.327. The minimum absolute atomic E-state index is 0. The molecule has 6 nitrogen and oxygen atoms in total. The molecule has 0 saturated carbocycles. The fourth-order valence-corrected chi connectivity index (χ4v) is 0.723. The molecule has 0 aliphatic heterocycles. The molecule has 0 radical (unpaired) electrons. The molecule has 0 bridgehead atoms. The van der Waals surface area contributed by atoms with Gasteiger partial charge in [0.1, 0.15) is 12.2 Å². The van der Waals surface area contributed by atoms with E-state index in [1.807, 2.05) is 0 Å². The molecule has 0 rings (SSSR count). The van der Waals surface area contributed by atoms with Crippen molar-refractivity contribution in [2.75, 3.05) is 13.7 Å². The number of ether oxygens (including phenoxy) is 1. The van der Waals surface area contributed by atoms with E-state index in [-0.39, 0.29) is 25.4 Å². The summed E-state index contributed by atoms with van der Waals surface area (Å²) in [5.41, 5.74) is 13.1. The van der Waals surface area contributed by atoms with Gasteiger partial charge in [-0.1, -0.05) is 5.11 Å². The van der Waals surface area contributed by atoms with E-state index in [1.54, 1.807) is 0 Å².